The van der Waals surface area contributed by atoms with Crippen molar-refractivity contribution in [3.63, 3.8) is 0 Å². The number of H-pyrrole nitrogens is 1. The standard InChI is InChI=1S/C31H35ClN6O3/c1-30(2,3)41-29(40)36-20-13-11-19(12-14-20)27(39)38-31(4)15-7-8-21(16-31)35-28-34-18-24(32)26(37-28)23-17-33-25-10-6-5-9-22(23)25/h5-6,9-14,17-18,21,33H,7-8,15-16H2,1-4H3,(H,36,40)(H,38,39)(H,34,35,37)/t21-,31+/m1/s1. The van der Waals surface area contributed by atoms with Gasteiger partial charge in [-0.3, -0.25) is 10.1 Å². The number of ether oxygens (including phenoxy) is 1. The predicted molar refractivity (Wildman–Crippen MR) is 162 cm³/mol. The molecular formula is C31H35ClN6O3. The van der Waals surface area contributed by atoms with Crippen molar-refractivity contribution in [3.05, 3.63) is 71.5 Å². The number of aromatic amines is 1. The lowest BCUT2D eigenvalue weighted by molar-refractivity contribution is 0.0635. The van der Waals surface area contributed by atoms with Crippen molar-refractivity contribution in [1.82, 2.24) is 20.3 Å². The van der Waals surface area contributed by atoms with Crippen molar-refractivity contribution >= 4 is 46.1 Å². The van der Waals surface area contributed by atoms with E-state index in [0.717, 1.165) is 35.7 Å². The average Bonchev–Trinajstić information content (AvgIpc) is 3.33. The van der Waals surface area contributed by atoms with Crippen LogP contribution in [0.3, 0.4) is 0 Å². The highest BCUT2D eigenvalue weighted by Gasteiger charge is 2.34. The highest BCUT2D eigenvalue weighted by Crippen LogP contribution is 2.34. The third kappa shape index (κ3) is 6.97. The summed E-state index contributed by atoms with van der Waals surface area (Å²) in [4.78, 5) is 37.6. The number of hydrogen-bond acceptors (Lipinski definition) is 6. The monoisotopic (exact) mass is 574 g/mol. The van der Waals surface area contributed by atoms with Gasteiger partial charge in [0.1, 0.15) is 5.60 Å². The molecule has 0 bridgehead atoms. The maximum Gasteiger partial charge on any atom is 0.412 e. The number of aromatic nitrogens is 3. The van der Waals surface area contributed by atoms with Crippen LogP contribution in [0.2, 0.25) is 5.02 Å². The first kappa shape index (κ1) is 28.4. The summed E-state index contributed by atoms with van der Waals surface area (Å²) in [6.07, 6.45) is 6.44. The summed E-state index contributed by atoms with van der Waals surface area (Å²) in [7, 11) is 0. The highest BCUT2D eigenvalue weighted by molar-refractivity contribution is 6.33. The Labute approximate surface area is 244 Å². The zero-order valence-corrected chi connectivity index (χ0v) is 24.4. The van der Waals surface area contributed by atoms with Crippen LogP contribution in [0.1, 0.15) is 63.7 Å². The molecule has 41 heavy (non-hydrogen) atoms. The van der Waals surface area contributed by atoms with Crippen molar-refractivity contribution < 1.29 is 14.3 Å². The minimum atomic E-state index is -0.592. The van der Waals surface area contributed by atoms with Crippen LogP contribution in [0.25, 0.3) is 22.2 Å². The zero-order valence-electron chi connectivity index (χ0n) is 23.7. The minimum absolute atomic E-state index is 0.0754. The fourth-order valence-corrected chi connectivity index (χ4v) is 5.46. The molecule has 0 aliphatic heterocycles. The summed E-state index contributed by atoms with van der Waals surface area (Å²) < 4.78 is 5.28. The number of anilines is 2. The fraction of sp³-hybridized carbons (Fsp3) is 0.355. The Morgan fingerprint density at radius 1 is 1.12 bits per heavy atom. The van der Waals surface area contributed by atoms with Gasteiger partial charge in [-0.1, -0.05) is 29.8 Å². The van der Waals surface area contributed by atoms with Crippen LogP contribution in [0, 0.1) is 0 Å². The van der Waals surface area contributed by atoms with E-state index in [9.17, 15) is 9.59 Å². The molecule has 4 N–H and O–H groups in total. The fourth-order valence-electron chi connectivity index (χ4n) is 5.27. The molecule has 1 saturated carbocycles. The zero-order chi connectivity index (χ0) is 29.2. The van der Waals surface area contributed by atoms with Gasteiger partial charge in [-0.15, -0.1) is 0 Å². The SMILES string of the molecule is CC(C)(C)OC(=O)Nc1ccc(C(=O)N[C@@]2(C)CCC[C@@H](Nc3ncc(Cl)c(-c4c[nH]c5ccccc45)n3)C2)cc1. The first-order valence-corrected chi connectivity index (χ1v) is 14.1. The summed E-state index contributed by atoms with van der Waals surface area (Å²) in [5.74, 6) is 0.338. The number of para-hydroxylation sites is 1. The molecule has 5 rings (SSSR count). The molecule has 2 aromatic carbocycles. The number of rotatable bonds is 6. The quantitative estimate of drug-likeness (QED) is 0.194. The summed E-state index contributed by atoms with van der Waals surface area (Å²) in [6.45, 7) is 7.47. The van der Waals surface area contributed by atoms with Crippen LogP contribution in [0.15, 0.2) is 60.9 Å². The van der Waals surface area contributed by atoms with Crippen LogP contribution in [-0.4, -0.2) is 44.1 Å². The van der Waals surface area contributed by atoms with Gasteiger partial charge in [0.2, 0.25) is 5.95 Å². The molecule has 0 unspecified atom stereocenters. The van der Waals surface area contributed by atoms with Gasteiger partial charge in [0.05, 0.1) is 16.9 Å². The molecule has 0 saturated heterocycles. The lowest BCUT2D eigenvalue weighted by Gasteiger charge is -2.39. The molecule has 1 aliphatic rings. The van der Waals surface area contributed by atoms with Gasteiger partial charge in [0.25, 0.3) is 5.91 Å². The molecule has 2 atom stereocenters. The van der Waals surface area contributed by atoms with E-state index < -0.39 is 17.2 Å². The van der Waals surface area contributed by atoms with Gasteiger partial charge < -0.3 is 20.4 Å². The topological polar surface area (TPSA) is 121 Å². The van der Waals surface area contributed by atoms with Crippen molar-refractivity contribution in [3.8, 4) is 11.3 Å². The molecule has 2 aromatic heterocycles. The summed E-state index contributed by atoms with van der Waals surface area (Å²) in [5, 5.41) is 10.9. The van der Waals surface area contributed by atoms with E-state index in [4.69, 9.17) is 21.3 Å². The second-order valence-electron chi connectivity index (χ2n) is 11.8. The number of benzene rings is 2. The van der Waals surface area contributed by atoms with Gasteiger partial charge >= 0.3 is 6.09 Å². The van der Waals surface area contributed by atoms with Crippen LogP contribution >= 0.6 is 11.6 Å². The van der Waals surface area contributed by atoms with Gasteiger partial charge in [-0.25, -0.2) is 14.8 Å². The van der Waals surface area contributed by atoms with Crippen LogP contribution < -0.4 is 16.0 Å². The smallest absolute Gasteiger partial charge is 0.412 e. The molecule has 10 heteroatoms. The van der Waals surface area contributed by atoms with Gasteiger partial charge in [0, 0.05) is 45.5 Å². The Morgan fingerprint density at radius 3 is 2.63 bits per heavy atom. The molecule has 9 nitrogen and oxygen atoms in total. The predicted octanol–water partition coefficient (Wildman–Crippen LogP) is 7.17. The van der Waals surface area contributed by atoms with E-state index >= 15 is 0 Å². The second kappa shape index (κ2) is 11.4. The number of hydrogen-bond donors (Lipinski definition) is 4. The Hall–Kier alpha value is -4.11. The third-order valence-electron chi connectivity index (χ3n) is 7.11. The van der Waals surface area contributed by atoms with Gasteiger partial charge in [-0.05, 0) is 83.7 Å². The number of carbonyl (C=O) groups is 2. The molecular weight excluding hydrogens is 540 g/mol. The molecule has 2 amide bonds. The number of nitrogens with one attached hydrogen (secondary N) is 4. The summed E-state index contributed by atoms with van der Waals surface area (Å²) in [6, 6.07) is 14.9. The molecule has 2 heterocycles. The number of fused-ring (bicyclic) bond motifs is 1. The van der Waals surface area contributed by atoms with Crippen molar-refractivity contribution in [1.29, 1.82) is 0 Å². The molecule has 0 spiro atoms. The first-order chi connectivity index (χ1) is 19.5. The van der Waals surface area contributed by atoms with E-state index in [2.05, 4.69) is 32.8 Å². The minimum Gasteiger partial charge on any atom is -0.444 e. The van der Waals surface area contributed by atoms with Crippen LogP contribution in [0.5, 0.6) is 0 Å². The van der Waals surface area contributed by atoms with Crippen molar-refractivity contribution in [2.75, 3.05) is 10.6 Å². The van der Waals surface area contributed by atoms with E-state index in [1.165, 1.54) is 0 Å². The Morgan fingerprint density at radius 2 is 1.88 bits per heavy atom. The lowest BCUT2D eigenvalue weighted by Crippen LogP contribution is -2.51. The van der Waals surface area contributed by atoms with Gasteiger partial charge in [-0.2, -0.15) is 0 Å². The van der Waals surface area contributed by atoms with E-state index in [1.54, 1.807) is 51.2 Å². The molecule has 4 aromatic rings. The number of amides is 2. The summed E-state index contributed by atoms with van der Waals surface area (Å²) in [5.41, 5.74) is 2.67. The summed E-state index contributed by atoms with van der Waals surface area (Å²) >= 11 is 6.51. The molecule has 1 aliphatic carbocycles. The molecule has 0 radical (unpaired) electrons. The highest BCUT2D eigenvalue weighted by atomic mass is 35.5. The number of halogens is 1. The number of nitrogens with zero attached hydrogens (tertiary/aromatic N) is 2. The van der Waals surface area contributed by atoms with E-state index in [1.807, 2.05) is 30.5 Å². The maximum absolute atomic E-state index is 13.1. The van der Waals surface area contributed by atoms with Crippen LogP contribution in [0.4, 0.5) is 16.4 Å². The lowest BCUT2D eigenvalue weighted by atomic mass is 9.80. The van der Waals surface area contributed by atoms with Crippen molar-refractivity contribution in [2.45, 2.75) is 70.6 Å². The van der Waals surface area contributed by atoms with Crippen molar-refractivity contribution in [2.24, 2.45) is 0 Å². The second-order valence-corrected chi connectivity index (χ2v) is 12.2. The Bertz CT molecular complexity index is 1560. The Balaban J connectivity index is 1.22. The van der Waals surface area contributed by atoms with E-state index in [-0.39, 0.29) is 11.9 Å². The Kier molecular flexibility index (Phi) is 7.91. The molecule has 214 valence electrons. The normalized spacial score (nSPS) is 19.0. The largest absolute Gasteiger partial charge is 0.444 e. The third-order valence-corrected chi connectivity index (χ3v) is 7.38. The van der Waals surface area contributed by atoms with Crippen LogP contribution in [-0.2, 0) is 4.74 Å². The van der Waals surface area contributed by atoms with Gasteiger partial charge in [0.15, 0.2) is 0 Å². The first-order valence-electron chi connectivity index (χ1n) is 13.8. The number of carbonyl (C=O) groups excluding carboxylic acids is 2. The van der Waals surface area contributed by atoms with E-state index in [0.29, 0.717) is 34.3 Å². The average molecular weight is 575 g/mol. The maximum atomic E-state index is 13.1. The molecule has 1 fully saturated rings.